The van der Waals surface area contributed by atoms with Crippen molar-refractivity contribution in [2.45, 2.75) is 32.6 Å². The van der Waals surface area contributed by atoms with Gasteiger partial charge in [0.1, 0.15) is 0 Å². The van der Waals surface area contributed by atoms with Gasteiger partial charge in [0.25, 0.3) is 0 Å². The van der Waals surface area contributed by atoms with Crippen LogP contribution in [0.15, 0.2) is 66.3 Å². The number of benzene rings is 1. The molecule has 3 heterocycles. The first-order valence-electron chi connectivity index (χ1n) is 9.34. The highest BCUT2D eigenvalue weighted by Crippen LogP contribution is 2.50. The maximum atomic E-state index is 13.2. The van der Waals surface area contributed by atoms with Crippen LogP contribution in [0.3, 0.4) is 0 Å². The Morgan fingerprint density at radius 1 is 1.07 bits per heavy atom. The first kappa shape index (κ1) is 16.2. The zero-order valence-corrected chi connectivity index (χ0v) is 15.5. The molecule has 2 aliphatic rings. The number of hydrogen-bond donors (Lipinski definition) is 1. The van der Waals surface area contributed by atoms with Crippen LogP contribution < -0.4 is 5.32 Å². The van der Waals surface area contributed by atoms with Gasteiger partial charge in [0.15, 0.2) is 5.78 Å². The number of fused-ring (bicyclic) bond motifs is 3. The van der Waals surface area contributed by atoms with Gasteiger partial charge in [0.05, 0.1) is 5.52 Å². The highest BCUT2D eigenvalue weighted by atomic mass is 16.1. The first-order valence-corrected chi connectivity index (χ1v) is 9.34. The van der Waals surface area contributed by atoms with E-state index in [9.17, 15) is 4.79 Å². The van der Waals surface area contributed by atoms with Crippen molar-refractivity contribution in [1.82, 2.24) is 9.97 Å². The fraction of sp³-hybridized carbons (Fsp3) is 0.261. The summed E-state index contributed by atoms with van der Waals surface area (Å²) in [5.74, 6) is 0.121. The second-order valence-electron chi connectivity index (χ2n) is 8.27. The van der Waals surface area contributed by atoms with E-state index in [1.807, 2.05) is 30.6 Å². The highest BCUT2D eigenvalue weighted by Gasteiger charge is 2.41. The molecule has 1 N–H and O–H groups in total. The molecule has 0 radical (unpaired) electrons. The van der Waals surface area contributed by atoms with Gasteiger partial charge in [-0.1, -0.05) is 26.0 Å². The van der Waals surface area contributed by atoms with Crippen molar-refractivity contribution in [3.63, 3.8) is 0 Å². The summed E-state index contributed by atoms with van der Waals surface area (Å²) >= 11 is 0. The van der Waals surface area contributed by atoms with E-state index in [-0.39, 0.29) is 17.1 Å². The van der Waals surface area contributed by atoms with Gasteiger partial charge in [0.2, 0.25) is 0 Å². The molecule has 0 spiro atoms. The molecule has 3 aromatic rings. The Kier molecular flexibility index (Phi) is 3.44. The van der Waals surface area contributed by atoms with E-state index in [2.05, 4.69) is 47.3 Å². The molecular formula is C23H21N3O. The molecule has 1 atom stereocenters. The van der Waals surface area contributed by atoms with E-state index in [1.54, 1.807) is 6.20 Å². The Hall–Kier alpha value is -3.01. The summed E-state index contributed by atoms with van der Waals surface area (Å²) in [5, 5.41) is 4.67. The summed E-state index contributed by atoms with van der Waals surface area (Å²) in [6, 6.07) is 12.2. The van der Waals surface area contributed by atoms with Crippen LogP contribution in [-0.2, 0) is 4.79 Å². The molecule has 0 saturated carbocycles. The Labute approximate surface area is 158 Å². The summed E-state index contributed by atoms with van der Waals surface area (Å²) in [5.41, 5.74) is 6.11. The molecule has 1 aromatic carbocycles. The maximum absolute atomic E-state index is 13.2. The lowest BCUT2D eigenvalue weighted by molar-refractivity contribution is -0.118. The molecule has 4 nitrogen and oxygen atoms in total. The Balaban J connectivity index is 1.82. The Bertz CT molecular complexity index is 1100. The predicted octanol–water partition coefficient (Wildman–Crippen LogP) is 4.83. The summed E-state index contributed by atoms with van der Waals surface area (Å²) in [6.07, 6.45) is 6.91. The largest absolute Gasteiger partial charge is 0.358 e. The lowest BCUT2D eigenvalue weighted by Crippen LogP contribution is -2.34. The molecule has 1 aliphatic heterocycles. The Morgan fingerprint density at radius 3 is 2.74 bits per heavy atom. The van der Waals surface area contributed by atoms with Crippen molar-refractivity contribution in [3.8, 4) is 0 Å². The van der Waals surface area contributed by atoms with Gasteiger partial charge in [-0.25, -0.2) is 0 Å². The van der Waals surface area contributed by atoms with Crippen molar-refractivity contribution in [2.24, 2.45) is 5.41 Å². The Morgan fingerprint density at radius 2 is 1.93 bits per heavy atom. The van der Waals surface area contributed by atoms with Crippen molar-refractivity contribution in [3.05, 3.63) is 77.4 Å². The van der Waals surface area contributed by atoms with Crippen LogP contribution >= 0.6 is 0 Å². The van der Waals surface area contributed by atoms with E-state index < -0.39 is 0 Å². The zero-order valence-electron chi connectivity index (χ0n) is 15.5. The van der Waals surface area contributed by atoms with Crippen molar-refractivity contribution in [2.75, 3.05) is 5.32 Å². The third-order valence-corrected chi connectivity index (χ3v) is 5.63. The van der Waals surface area contributed by atoms with Crippen LogP contribution in [0.25, 0.3) is 10.9 Å². The smallest absolute Gasteiger partial charge is 0.162 e. The fourth-order valence-corrected chi connectivity index (χ4v) is 4.56. The summed E-state index contributed by atoms with van der Waals surface area (Å²) in [4.78, 5) is 22.1. The van der Waals surface area contributed by atoms with E-state index >= 15 is 0 Å². The molecule has 2 aromatic heterocycles. The fourth-order valence-electron chi connectivity index (χ4n) is 4.56. The van der Waals surface area contributed by atoms with Gasteiger partial charge in [-0.15, -0.1) is 0 Å². The number of carbonyl (C=O) groups is 1. The minimum atomic E-state index is -0.110. The third kappa shape index (κ3) is 2.55. The minimum absolute atomic E-state index is 0.0295. The molecule has 4 heteroatoms. The number of nitrogens with one attached hydrogen (secondary N) is 1. The average molecular weight is 355 g/mol. The summed E-state index contributed by atoms with van der Waals surface area (Å²) in [7, 11) is 0. The number of pyridine rings is 2. The molecule has 0 fully saturated rings. The zero-order chi connectivity index (χ0) is 18.6. The molecule has 0 unspecified atom stereocenters. The molecule has 5 rings (SSSR count). The quantitative estimate of drug-likeness (QED) is 0.679. The third-order valence-electron chi connectivity index (χ3n) is 5.63. The maximum Gasteiger partial charge on any atom is 0.162 e. The van der Waals surface area contributed by atoms with Crippen molar-refractivity contribution in [1.29, 1.82) is 0 Å². The highest BCUT2D eigenvalue weighted by molar-refractivity contribution is 6.04. The number of anilines is 1. The number of ketones is 1. The van der Waals surface area contributed by atoms with Crippen LogP contribution in [-0.4, -0.2) is 15.8 Å². The van der Waals surface area contributed by atoms with E-state index in [0.717, 1.165) is 45.4 Å². The van der Waals surface area contributed by atoms with Gasteiger partial charge in [-0.2, -0.15) is 0 Å². The number of hydrogen-bond acceptors (Lipinski definition) is 4. The van der Waals surface area contributed by atoms with E-state index in [0.29, 0.717) is 6.42 Å². The van der Waals surface area contributed by atoms with Crippen LogP contribution in [0.5, 0.6) is 0 Å². The molecule has 0 amide bonds. The number of rotatable bonds is 1. The van der Waals surface area contributed by atoms with Gasteiger partial charge < -0.3 is 5.32 Å². The van der Waals surface area contributed by atoms with Crippen LogP contribution in [0, 0.1) is 5.41 Å². The topological polar surface area (TPSA) is 54.9 Å². The van der Waals surface area contributed by atoms with Gasteiger partial charge in [-0.3, -0.25) is 14.8 Å². The van der Waals surface area contributed by atoms with E-state index in [4.69, 9.17) is 0 Å². The van der Waals surface area contributed by atoms with Gasteiger partial charge >= 0.3 is 0 Å². The second kappa shape index (κ2) is 5.74. The number of allylic oxidation sites excluding steroid dienone is 2. The lowest BCUT2D eigenvalue weighted by Gasteiger charge is -2.39. The second-order valence-corrected chi connectivity index (χ2v) is 8.27. The number of nitrogens with zero attached hydrogens (tertiary/aromatic N) is 2. The monoisotopic (exact) mass is 355 g/mol. The molecule has 0 saturated heterocycles. The molecule has 1 aliphatic carbocycles. The average Bonchev–Trinajstić information content (AvgIpc) is 2.66. The van der Waals surface area contributed by atoms with Gasteiger partial charge in [-0.05, 0) is 47.2 Å². The van der Waals surface area contributed by atoms with Crippen molar-refractivity contribution < 1.29 is 4.79 Å². The minimum Gasteiger partial charge on any atom is -0.358 e. The van der Waals surface area contributed by atoms with E-state index in [1.165, 1.54) is 0 Å². The molecule has 134 valence electrons. The van der Waals surface area contributed by atoms with Crippen LogP contribution in [0.1, 0.15) is 43.7 Å². The normalized spacial score (nSPS) is 20.8. The predicted molar refractivity (Wildman–Crippen MR) is 106 cm³/mol. The number of Topliss-reactive ketones (excluding diaryl/α,β-unsaturated/α-hetero) is 1. The first-order chi connectivity index (χ1) is 13.0. The standard InChI is InChI=1S/C23H21N3O/c1-23(2)11-18-22(19(27)12-23)20(14-5-3-9-24-13-14)21-15-6-4-10-25-16(15)7-8-17(21)26-18/h3-10,13,20,26H,11-12H2,1-2H3/t20-/m1/s1. The molecule has 0 bridgehead atoms. The molecular weight excluding hydrogens is 334 g/mol. The number of carbonyl (C=O) groups excluding carboxylic acids is 1. The van der Waals surface area contributed by atoms with Crippen LogP contribution in [0.2, 0.25) is 0 Å². The SMILES string of the molecule is CC1(C)CC(=O)C2=C(C1)Nc1ccc3ncccc3c1[C@H]2c1cccnc1. The lowest BCUT2D eigenvalue weighted by atomic mass is 9.68. The van der Waals surface area contributed by atoms with Crippen molar-refractivity contribution >= 4 is 22.4 Å². The summed E-state index contributed by atoms with van der Waals surface area (Å²) in [6.45, 7) is 4.32. The van der Waals surface area contributed by atoms with Crippen LogP contribution in [0.4, 0.5) is 5.69 Å². The number of aromatic nitrogens is 2. The van der Waals surface area contributed by atoms with Gasteiger partial charge in [0, 0.05) is 53.3 Å². The summed E-state index contributed by atoms with van der Waals surface area (Å²) < 4.78 is 0. The molecule has 27 heavy (non-hydrogen) atoms.